The first-order chi connectivity index (χ1) is 13.9. The summed E-state index contributed by atoms with van der Waals surface area (Å²) in [5.74, 6) is 0.00492. The highest BCUT2D eigenvalue weighted by atomic mass is 19.2. The van der Waals surface area contributed by atoms with Crippen molar-refractivity contribution in [1.82, 2.24) is 15.1 Å². The van der Waals surface area contributed by atoms with Crippen LogP contribution in [0.2, 0.25) is 0 Å². The Kier molecular flexibility index (Phi) is 4.91. The van der Waals surface area contributed by atoms with Crippen LogP contribution in [0, 0.1) is 17.1 Å². The Morgan fingerprint density at radius 3 is 2.66 bits per heavy atom. The number of aromatic nitrogens is 2. The van der Waals surface area contributed by atoms with E-state index in [9.17, 15) is 13.6 Å². The summed E-state index contributed by atoms with van der Waals surface area (Å²) in [6.45, 7) is 3.60. The van der Waals surface area contributed by atoms with Gasteiger partial charge in [0, 0.05) is 31.2 Å². The molecule has 1 saturated carbocycles. The summed E-state index contributed by atoms with van der Waals surface area (Å²) < 4.78 is 28.3. The SMILES string of the molecule is C[C@@H]1CN(C(=O)Cc2ccc(C3(F)CC3)c(F)c2)CCN1c1ccc(C#N)nn1. The van der Waals surface area contributed by atoms with Gasteiger partial charge in [0.05, 0.1) is 6.42 Å². The van der Waals surface area contributed by atoms with Crippen molar-refractivity contribution in [3.8, 4) is 6.07 Å². The molecule has 0 radical (unpaired) electrons. The van der Waals surface area contributed by atoms with E-state index in [1.165, 1.54) is 12.1 Å². The van der Waals surface area contributed by atoms with Crippen LogP contribution in [0.25, 0.3) is 0 Å². The lowest BCUT2D eigenvalue weighted by Crippen LogP contribution is -2.54. The molecule has 2 aromatic rings. The zero-order chi connectivity index (χ0) is 20.6. The molecule has 1 aliphatic carbocycles. The monoisotopic (exact) mass is 397 g/mol. The second kappa shape index (κ2) is 7.39. The molecule has 6 nitrogen and oxygen atoms in total. The third-order valence-corrected chi connectivity index (χ3v) is 5.60. The Morgan fingerprint density at radius 1 is 1.28 bits per heavy atom. The molecule has 29 heavy (non-hydrogen) atoms. The maximum atomic E-state index is 14.2. The van der Waals surface area contributed by atoms with Gasteiger partial charge in [-0.15, -0.1) is 10.2 Å². The summed E-state index contributed by atoms with van der Waals surface area (Å²) in [5.41, 5.74) is -0.617. The third kappa shape index (κ3) is 3.90. The Hall–Kier alpha value is -3.08. The molecule has 1 aromatic carbocycles. The van der Waals surface area contributed by atoms with Crippen molar-refractivity contribution in [2.24, 2.45) is 0 Å². The van der Waals surface area contributed by atoms with Crippen molar-refractivity contribution in [2.45, 2.75) is 37.9 Å². The first kappa shape index (κ1) is 19.2. The molecular formula is C21H21F2N5O. The van der Waals surface area contributed by atoms with Gasteiger partial charge in [-0.1, -0.05) is 12.1 Å². The van der Waals surface area contributed by atoms with Crippen molar-refractivity contribution >= 4 is 11.7 Å². The van der Waals surface area contributed by atoms with E-state index in [0.29, 0.717) is 43.9 Å². The maximum absolute atomic E-state index is 14.2. The highest BCUT2D eigenvalue weighted by Gasteiger charge is 2.46. The van der Waals surface area contributed by atoms with Gasteiger partial charge < -0.3 is 9.80 Å². The van der Waals surface area contributed by atoms with E-state index in [1.807, 2.05) is 17.9 Å². The van der Waals surface area contributed by atoms with E-state index in [0.717, 1.165) is 0 Å². The molecule has 0 bridgehead atoms. The van der Waals surface area contributed by atoms with Crippen LogP contribution in [0.4, 0.5) is 14.6 Å². The van der Waals surface area contributed by atoms with E-state index >= 15 is 0 Å². The van der Waals surface area contributed by atoms with E-state index < -0.39 is 11.5 Å². The smallest absolute Gasteiger partial charge is 0.227 e. The molecule has 150 valence electrons. The van der Waals surface area contributed by atoms with Crippen molar-refractivity contribution in [3.63, 3.8) is 0 Å². The maximum Gasteiger partial charge on any atom is 0.227 e. The van der Waals surface area contributed by atoms with Crippen molar-refractivity contribution in [3.05, 3.63) is 53.0 Å². The number of halogens is 2. The predicted molar refractivity (Wildman–Crippen MR) is 102 cm³/mol. The molecule has 0 unspecified atom stereocenters. The Morgan fingerprint density at radius 2 is 2.07 bits per heavy atom. The summed E-state index contributed by atoms with van der Waals surface area (Å²) >= 11 is 0. The van der Waals surface area contributed by atoms with E-state index in [-0.39, 0.29) is 29.6 Å². The van der Waals surface area contributed by atoms with Gasteiger partial charge in [0.25, 0.3) is 0 Å². The van der Waals surface area contributed by atoms with Crippen LogP contribution in [0.3, 0.4) is 0 Å². The molecule has 2 aliphatic rings. The van der Waals surface area contributed by atoms with Gasteiger partial charge in [0.2, 0.25) is 5.91 Å². The van der Waals surface area contributed by atoms with Gasteiger partial charge in [-0.3, -0.25) is 4.79 Å². The molecule has 4 rings (SSSR count). The summed E-state index contributed by atoms with van der Waals surface area (Å²) in [7, 11) is 0. The highest BCUT2D eigenvalue weighted by Crippen LogP contribution is 2.50. The molecule has 1 aliphatic heterocycles. The van der Waals surface area contributed by atoms with Crippen LogP contribution in [0.1, 0.15) is 36.6 Å². The quantitative estimate of drug-likeness (QED) is 0.793. The number of nitriles is 1. The summed E-state index contributed by atoms with van der Waals surface area (Å²) in [4.78, 5) is 16.5. The van der Waals surface area contributed by atoms with Gasteiger partial charge in [-0.05, 0) is 43.5 Å². The highest BCUT2D eigenvalue weighted by molar-refractivity contribution is 5.79. The Labute approximate surface area is 167 Å². The topological polar surface area (TPSA) is 73.1 Å². The van der Waals surface area contributed by atoms with Crippen LogP contribution in [0.5, 0.6) is 0 Å². The number of benzene rings is 1. The number of hydrogen-bond acceptors (Lipinski definition) is 5. The van der Waals surface area contributed by atoms with Crippen molar-refractivity contribution < 1.29 is 13.6 Å². The largest absolute Gasteiger partial charge is 0.349 e. The standard InChI is InChI=1S/C21H21F2N5O/c1-14-13-27(8-9-28(14)19-5-3-16(12-24)25-26-19)20(29)11-15-2-4-17(18(22)10-15)21(23)6-7-21/h2-5,10,14H,6-9,11,13H2,1H3/t14-/m1/s1. The van der Waals surface area contributed by atoms with Gasteiger partial charge in [0.15, 0.2) is 11.5 Å². The zero-order valence-corrected chi connectivity index (χ0v) is 16.1. The Balaban J connectivity index is 1.38. The molecule has 1 saturated heterocycles. The number of nitrogens with zero attached hydrogens (tertiary/aromatic N) is 5. The average molecular weight is 397 g/mol. The molecule has 1 atom stereocenters. The van der Waals surface area contributed by atoms with Crippen LogP contribution < -0.4 is 4.90 Å². The summed E-state index contributed by atoms with van der Waals surface area (Å²) in [5, 5.41) is 16.8. The minimum Gasteiger partial charge on any atom is -0.349 e. The fourth-order valence-corrected chi connectivity index (χ4v) is 3.76. The van der Waals surface area contributed by atoms with Gasteiger partial charge in [0.1, 0.15) is 17.6 Å². The number of carbonyl (C=O) groups is 1. The fourth-order valence-electron chi connectivity index (χ4n) is 3.76. The van der Waals surface area contributed by atoms with Gasteiger partial charge in [-0.2, -0.15) is 5.26 Å². The molecule has 0 N–H and O–H groups in total. The summed E-state index contributed by atoms with van der Waals surface area (Å²) in [6, 6.07) is 9.72. The number of carbonyl (C=O) groups excluding carboxylic acids is 1. The second-order valence-electron chi connectivity index (χ2n) is 7.73. The number of piperazine rings is 1. The van der Waals surface area contributed by atoms with Crippen LogP contribution in [0.15, 0.2) is 30.3 Å². The lowest BCUT2D eigenvalue weighted by molar-refractivity contribution is -0.131. The average Bonchev–Trinajstić information content (AvgIpc) is 3.46. The van der Waals surface area contributed by atoms with Gasteiger partial charge in [-0.25, -0.2) is 8.78 Å². The molecule has 8 heteroatoms. The van der Waals surface area contributed by atoms with Crippen LogP contribution >= 0.6 is 0 Å². The number of rotatable bonds is 4. The molecule has 2 fully saturated rings. The van der Waals surface area contributed by atoms with E-state index in [1.54, 1.807) is 23.1 Å². The molecule has 2 heterocycles. The first-order valence-corrected chi connectivity index (χ1v) is 9.66. The lowest BCUT2D eigenvalue weighted by atomic mass is 10.0. The van der Waals surface area contributed by atoms with Gasteiger partial charge >= 0.3 is 0 Å². The zero-order valence-electron chi connectivity index (χ0n) is 16.1. The lowest BCUT2D eigenvalue weighted by Gasteiger charge is -2.40. The minimum atomic E-state index is -1.52. The molecule has 0 spiro atoms. The normalized spacial score (nSPS) is 20.3. The minimum absolute atomic E-state index is 0.0234. The fraction of sp³-hybridized carbons (Fsp3) is 0.429. The Bertz CT molecular complexity index is 968. The van der Waals surface area contributed by atoms with E-state index in [2.05, 4.69) is 10.2 Å². The predicted octanol–water partition coefficient (Wildman–Crippen LogP) is 2.73. The van der Waals surface area contributed by atoms with Crippen LogP contribution in [-0.2, 0) is 16.9 Å². The number of amides is 1. The molecular weight excluding hydrogens is 376 g/mol. The number of hydrogen-bond donors (Lipinski definition) is 0. The molecule has 1 amide bonds. The first-order valence-electron chi connectivity index (χ1n) is 9.66. The summed E-state index contributed by atoms with van der Waals surface area (Å²) in [6.07, 6.45) is 0.793. The number of anilines is 1. The van der Waals surface area contributed by atoms with Crippen molar-refractivity contribution in [2.75, 3.05) is 24.5 Å². The van der Waals surface area contributed by atoms with E-state index in [4.69, 9.17) is 5.26 Å². The second-order valence-corrected chi connectivity index (χ2v) is 7.73. The molecule has 1 aromatic heterocycles. The third-order valence-electron chi connectivity index (χ3n) is 5.60. The number of alkyl halides is 1. The van der Waals surface area contributed by atoms with Crippen molar-refractivity contribution in [1.29, 1.82) is 5.26 Å². The van der Waals surface area contributed by atoms with Crippen LogP contribution in [-0.4, -0.2) is 46.7 Å².